The third-order valence-corrected chi connectivity index (χ3v) is 2.53. The van der Waals surface area contributed by atoms with E-state index < -0.39 is 5.97 Å². The van der Waals surface area contributed by atoms with E-state index in [-0.39, 0.29) is 12.5 Å². The van der Waals surface area contributed by atoms with Gasteiger partial charge in [-0.3, -0.25) is 4.79 Å². The lowest BCUT2D eigenvalue weighted by Crippen LogP contribution is -2.26. The van der Waals surface area contributed by atoms with Crippen LogP contribution in [-0.4, -0.2) is 17.1 Å². The minimum atomic E-state index is -0.767. The molecule has 0 aliphatic carbocycles. The zero-order valence-corrected chi connectivity index (χ0v) is 9.81. The maximum absolute atomic E-state index is 10.4. The Balaban J connectivity index is 2.34. The molecule has 1 unspecified atom stereocenters. The van der Waals surface area contributed by atoms with Crippen LogP contribution < -0.4 is 5.32 Å². The van der Waals surface area contributed by atoms with Gasteiger partial charge in [-0.1, -0.05) is 12.1 Å². The summed E-state index contributed by atoms with van der Waals surface area (Å²) >= 11 is 0. The first-order chi connectivity index (χ1) is 8.11. The molecule has 0 fully saturated rings. The van der Waals surface area contributed by atoms with Gasteiger partial charge < -0.3 is 10.4 Å². The van der Waals surface area contributed by atoms with Crippen molar-refractivity contribution >= 4 is 5.97 Å². The van der Waals surface area contributed by atoms with Gasteiger partial charge in [-0.2, -0.15) is 5.26 Å². The van der Waals surface area contributed by atoms with Crippen LogP contribution in [0.25, 0.3) is 0 Å². The molecule has 0 aliphatic heterocycles. The van der Waals surface area contributed by atoms with Crippen LogP contribution >= 0.6 is 0 Å². The van der Waals surface area contributed by atoms with E-state index in [0.29, 0.717) is 18.5 Å². The number of hydrogen-bond donors (Lipinski definition) is 2. The molecule has 0 heterocycles. The van der Waals surface area contributed by atoms with Crippen molar-refractivity contribution in [3.8, 4) is 6.07 Å². The molecule has 4 heteroatoms. The molecule has 0 bridgehead atoms. The number of rotatable bonds is 6. The van der Waals surface area contributed by atoms with Crippen LogP contribution in [0.5, 0.6) is 0 Å². The Kier molecular flexibility index (Phi) is 5.18. The van der Waals surface area contributed by atoms with E-state index in [9.17, 15) is 4.79 Å². The number of benzene rings is 1. The average Bonchev–Trinajstić information content (AvgIpc) is 2.34. The normalized spacial score (nSPS) is 11.8. The van der Waals surface area contributed by atoms with Crippen molar-refractivity contribution in [1.82, 2.24) is 5.32 Å². The molecule has 4 nitrogen and oxygen atoms in total. The van der Waals surface area contributed by atoms with Crippen molar-refractivity contribution in [2.75, 3.05) is 0 Å². The Morgan fingerprint density at radius 1 is 1.47 bits per heavy atom. The lowest BCUT2D eigenvalue weighted by molar-refractivity contribution is -0.137. The fraction of sp³-hybridized carbons (Fsp3) is 0.385. The van der Waals surface area contributed by atoms with Crippen molar-refractivity contribution in [2.45, 2.75) is 32.4 Å². The number of carbonyl (C=O) groups is 1. The molecule has 90 valence electrons. The Morgan fingerprint density at radius 3 is 2.65 bits per heavy atom. The Bertz CT molecular complexity index is 406. The van der Waals surface area contributed by atoms with Crippen LogP contribution in [0.15, 0.2) is 24.3 Å². The number of nitrogens with zero attached hydrogens (tertiary/aromatic N) is 1. The summed E-state index contributed by atoms with van der Waals surface area (Å²) in [7, 11) is 0. The highest BCUT2D eigenvalue weighted by atomic mass is 16.4. The summed E-state index contributed by atoms with van der Waals surface area (Å²) in [5.41, 5.74) is 1.74. The van der Waals surface area contributed by atoms with Crippen molar-refractivity contribution in [1.29, 1.82) is 5.26 Å². The molecule has 2 N–H and O–H groups in total. The Labute approximate surface area is 101 Å². The number of carboxylic acid groups (broad SMARTS) is 1. The van der Waals surface area contributed by atoms with Gasteiger partial charge in [-0.25, -0.2) is 0 Å². The van der Waals surface area contributed by atoms with Gasteiger partial charge in [0.25, 0.3) is 0 Å². The Hall–Kier alpha value is -1.86. The van der Waals surface area contributed by atoms with E-state index in [1.54, 1.807) is 12.1 Å². The van der Waals surface area contributed by atoms with Gasteiger partial charge >= 0.3 is 5.97 Å². The van der Waals surface area contributed by atoms with Crippen LogP contribution in [-0.2, 0) is 11.3 Å². The van der Waals surface area contributed by atoms with Gasteiger partial charge in [0.1, 0.15) is 0 Å². The predicted molar refractivity (Wildman–Crippen MR) is 64.3 cm³/mol. The van der Waals surface area contributed by atoms with Crippen LogP contribution in [0.2, 0.25) is 0 Å². The third kappa shape index (κ3) is 5.14. The van der Waals surface area contributed by atoms with E-state index >= 15 is 0 Å². The number of hydrogen-bond acceptors (Lipinski definition) is 3. The smallest absolute Gasteiger partial charge is 0.303 e. The quantitative estimate of drug-likeness (QED) is 0.785. The molecule has 0 spiro atoms. The van der Waals surface area contributed by atoms with Gasteiger partial charge in [0.05, 0.1) is 11.6 Å². The van der Waals surface area contributed by atoms with Gasteiger partial charge in [0.2, 0.25) is 0 Å². The first-order valence-corrected chi connectivity index (χ1v) is 5.56. The van der Waals surface area contributed by atoms with Gasteiger partial charge in [0.15, 0.2) is 0 Å². The largest absolute Gasteiger partial charge is 0.481 e. The summed E-state index contributed by atoms with van der Waals surface area (Å²) < 4.78 is 0. The lowest BCUT2D eigenvalue weighted by Gasteiger charge is -2.12. The van der Waals surface area contributed by atoms with E-state index in [4.69, 9.17) is 10.4 Å². The zero-order chi connectivity index (χ0) is 12.7. The topological polar surface area (TPSA) is 73.1 Å². The molecule has 0 radical (unpaired) electrons. The highest BCUT2D eigenvalue weighted by Crippen LogP contribution is 2.04. The van der Waals surface area contributed by atoms with Crippen molar-refractivity contribution < 1.29 is 9.90 Å². The highest BCUT2D eigenvalue weighted by Gasteiger charge is 2.04. The third-order valence-electron chi connectivity index (χ3n) is 2.53. The molecule has 1 rings (SSSR count). The molecule has 1 atom stereocenters. The predicted octanol–water partition coefficient (Wildman–Crippen LogP) is 1.90. The first kappa shape index (κ1) is 13.2. The number of aliphatic carboxylic acids is 1. The number of nitriles is 1. The van der Waals surface area contributed by atoms with Crippen molar-refractivity contribution in [3.05, 3.63) is 35.4 Å². The van der Waals surface area contributed by atoms with E-state index in [2.05, 4.69) is 11.4 Å². The molecule has 0 amide bonds. The molecule has 17 heavy (non-hydrogen) atoms. The minimum Gasteiger partial charge on any atom is -0.481 e. The fourth-order valence-corrected chi connectivity index (χ4v) is 1.43. The average molecular weight is 232 g/mol. The molecule has 1 aromatic carbocycles. The summed E-state index contributed by atoms with van der Waals surface area (Å²) in [6.07, 6.45) is 0.799. The van der Waals surface area contributed by atoms with E-state index in [1.807, 2.05) is 19.1 Å². The fourth-order valence-electron chi connectivity index (χ4n) is 1.43. The second-order valence-electron chi connectivity index (χ2n) is 4.02. The molecule has 1 aromatic rings. The minimum absolute atomic E-state index is 0.168. The molecule has 0 aliphatic rings. The lowest BCUT2D eigenvalue weighted by atomic mass is 10.1. The van der Waals surface area contributed by atoms with Crippen LogP contribution in [0.3, 0.4) is 0 Å². The summed E-state index contributed by atoms with van der Waals surface area (Å²) in [5, 5.41) is 20.4. The van der Waals surface area contributed by atoms with Crippen molar-refractivity contribution in [2.24, 2.45) is 0 Å². The monoisotopic (exact) mass is 232 g/mol. The van der Waals surface area contributed by atoms with E-state index in [1.165, 1.54) is 0 Å². The SMILES string of the molecule is CC(CCC(=O)O)NCc1ccc(C#N)cc1. The molecule has 0 aromatic heterocycles. The second-order valence-corrected chi connectivity index (χ2v) is 4.02. The van der Waals surface area contributed by atoms with Crippen LogP contribution in [0, 0.1) is 11.3 Å². The van der Waals surface area contributed by atoms with Crippen molar-refractivity contribution in [3.63, 3.8) is 0 Å². The highest BCUT2D eigenvalue weighted by molar-refractivity contribution is 5.66. The maximum Gasteiger partial charge on any atom is 0.303 e. The number of nitrogens with one attached hydrogen (secondary N) is 1. The summed E-state index contributed by atoms with van der Waals surface area (Å²) in [6.45, 7) is 2.65. The standard InChI is InChI=1S/C13H16N2O2/c1-10(2-7-13(16)17)15-9-12-5-3-11(8-14)4-6-12/h3-6,10,15H,2,7,9H2,1H3,(H,16,17). The Morgan fingerprint density at radius 2 is 2.12 bits per heavy atom. The summed E-state index contributed by atoms with van der Waals surface area (Å²) in [4.78, 5) is 10.4. The van der Waals surface area contributed by atoms with Crippen LogP contribution in [0.4, 0.5) is 0 Å². The number of carboxylic acids is 1. The molecule has 0 saturated carbocycles. The van der Waals surface area contributed by atoms with Gasteiger partial charge in [-0.15, -0.1) is 0 Å². The van der Waals surface area contributed by atoms with Gasteiger partial charge in [0, 0.05) is 19.0 Å². The molecular formula is C13H16N2O2. The first-order valence-electron chi connectivity index (χ1n) is 5.56. The summed E-state index contributed by atoms with van der Waals surface area (Å²) in [6, 6.07) is 9.58. The van der Waals surface area contributed by atoms with Crippen LogP contribution in [0.1, 0.15) is 30.9 Å². The second kappa shape index (κ2) is 6.66. The zero-order valence-electron chi connectivity index (χ0n) is 9.81. The molecule has 0 saturated heterocycles. The summed E-state index contributed by atoms with van der Waals surface area (Å²) in [5.74, 6) is -0.767. The van der Waals surface area contributed by atoms with E-state index in [0.717, 1.165) is 5.56 Å². The maximum atomic E-state index is 10.4. The van der Waals surface area contributed by atoms with Gasteiger partial charge in [-0.05, 0) is 31.0 Å². The molecular weight excluding hydrogens is 216 g/mol.